The van der Waals surface area contributed by atoms with Crippen LogP contribution in [0.3, 0.4) is 0 Å². The Labute approximate surface area is 161 Å². The maximum absolute atomic E-state index is 12.1. The Kier molecular flexibility index (Phi) is 5.19. The Bertz CT molecular complexity index is 981. The molecule has 0 unspecified atom stereocenters. The molecule has 1 fully saturated rings. The highest BCUT2D eigenvalue weighted by atomic mass is 79.9. The average Bonchev–Trinajstić information content (AvgIpc) is 2.61. The number of nitrogens with two attached hydrogens (primary N) is 1. The average molecular weight is 438 g/mol. The van der Waals surface area contributed by atoms with Crippen LogP contribution in [0, 0.1) is 0 Å². The molecule has 2 heterocycles. The quantitative estimate of drug-likeness (QED) is 0.564. The third-order valence-corrected chi connectivity index (χ3v) is 4.93. The SMILES string of the molecule is Nc1[nH]c(=O)c(C(=O)O)c(-c2ccc(N3CCOCC3)cc2Br)c1C(=O)O. The summed E-state index contributed by atoms with van der Waals surface area (Å²) in [4.78, 5) is 39.6. The molecule has 3 rings (SSSR count). The van der Waals surface area contributed by atoms with Gasteiger partial charge in [-0.25, -0.2) is 9.59 Å². The molecule has 1 aromatic carbocycles. The van der Waals surface area contributed by atoms with Crippen molar-refractivity contribution in [2.24, 2.45) is 0 Å². The first kappa shape index (κ1) is 18.9. The smallest absolute Gasteiger partial charge is 0.342 e. The summed E-state index contributed by atoms with van der Waals surface area (Å²) in [5.41, 5.74) is 4.42. The number of morpholine rings is 1. The normalized spacial score (nSPS) is 14.2. The summed E-state index contributed by atoms with van der Waals surface area (Å²) in [7, 11) is 0. The highest BCUT2D eigenvalue weighted by molar-refractivity contribution is 9.10. The summed E-state index contributed by atoms with van der Waals surface area (Å²) in [5, 5.41) is 19.0. The molecule has 0 spiro atoms. The van der Waals surface area contributed by atoms with Crippen LogP contribution in [-0.2, 0) is 4.74 Å². The molecule has 0 amide bonds. The number of aromatic carboxylic acids is 2. The van der Waals surface area contributed by atoms with Crippen molar-refractivity contribution in [3.63, 3.8) is 0 Å². The fourth-order valence-corrected chi connectivity index (χ4v) is 3.61. The van der Waals surface area contributed by atoms with E-state index >= 15 is 0 Å². The number of carbonyl (C=O) groups is 2. The van der Waals surface area contributed by atoms with Gasteiger partial charge in [-0.05, 0) is 17.7 Å². The lowest BCUT2D eigenvalue weighted by Gasteiger charge is -2.29. The lowest BCUT2D eigenvalue weighted by molar-refractivity contribution is 0.0695. The number of anilines is 2. The van der Waals surface area contributed by atoms with Crippen molar-refractivity contribution < 1.29 is 24.5 Å². The van der Waals surface area contributed by atoms with Crippen LogP contribution in [0.25, 0.3) is 11.1 Å². The van der Waals surface area contributed by atoms with E-state index in [0.29, 0.717) is 30.8 Å². The molecular weight excluding hydrogens is 422 g/mol. The number of hydrogen-bond acceptors (Lipinski definition) is 6. The first-order chi connectivity index (χ1) is 12.8. The van der Waals surface area contributed by atoms with E-state index in [1.807, 2.05) is 0 Å². The highest BCUT2D eigenvalue weighted by Crippen LogP contribution is 2.36. The van der Waals surface area contributed by atoms with Crippen molar-refractivity contribution in [3.05, 3.63) is 44.2 Å². The number of pyridine rings is 1. The van der Waals surface area contributed by atoms with E-state index < -0.39 is 34.4 Å². The predicted octanol–water partition coefficient (Wildman–Crippen LogP) is 1.62. The molecular formula is C17H16BrN3O6. The van der Waals surface area contributed by atoms with Gasteiger partial charge in [0, 0.05) is 28.8 Å². The molecule has 0 saturated carbocycles. The maximum atomic E-state index is 12.1. The second-order valence-electron chi connectivity index (χ2n) is 5.87. The molecule has 0 radical (unpaired) electrons. The summed E-state index contributed by atoms with van der Waals surface area (Å²) in [6.07, 6.45) is 0. The molecule has 9 nitrogen and oxygen atoms in total. The zero-order chi connectivity index (χ0) is 19.7. The predicted molar refractivity (Wildman–Crippen MR) is 102 cm³/mol. The van der Waals surface area contributed by atoms with Crippen LogP contribution in [-0.4, -0.2) is 53.4 Å². The van der Waals surface area contributed by atoms with E-state index in [4.69, 9.17) is 10.5 Å². The number of H-pyrrole nitrogens is 1. The molecule has 5 N–H and O–H groups in total. The number of ether oxygens (including phenoxy) is 1. The van der Waals surface area contributed by atoms with Gasteiger partial charge in [0.1, 0.15) is 16.9 Å². The summed E-state index contributed by atoms with van der Waals surface area (Å²) in [6.45, 7) is 2.58. The number of hydrogen-bond donors (Lipinski definition) is 4. The number of nitrogens with one attached hydrogen (secondary N) is 1. The van der Waals surface area contributed by atoms with Gasteiger partial charge in [-0.1, -0.05) is 22.0 Å². The number of halogens is 1. The minimum atomic E-state index is -1.54. The molecule has 1 aliphatic rings. The van der Waals surface area contributed by atoms with E-state index in [1.54, 1.807) is 18.2 Å². The number of benzene rings is 1. The van der Waals surface area contributed by atoms with Crippen LogP contribution in [0.2, 0.25) is 0 Å². The van der Waals surface area contributed by atoms with Gasteiger partial charge in [-0.3, -0.25) is 4.79 Å². The van der Waals surface area contributed by atoms with Crippen LogP contribution in [0.4, 0.5) is 11.5 Å². The van der Waals surface area contributed by atoms with Gasteiger partial charge in [0.05, 0.1) is 13.2 Å². The number of nitrogen functional groups attached to an aromatic ring is 1. The monoisotopic (exact) mass is 437 g/mol. The van der Waals surface area contributed by atoms with Gasteiger partial charge < -0.3 is 30.6 Å². The van der Waals surface area contributed by atoms with Gasteiger partial charge in [0.2, 0.25) is 0 Å². The fourth-order valence-electron chi connectivity index (χ4n) is 3.04. The molecule has 0 atom stereocenters. The van der Waals surface area contributed by atoms with Gasteiger partial charge >= 0.3 is 11.9 Å². The minimum Gasteiger partial charge on any atom is -0.478 e. The Balaban J connectivity index is 2.22. The number of carboxylic acid groups (broad SMARTS) is 2. The Hall–Kier alpha value is -2.85. The molecule has 0 aliphatic carbocycles. The van der Waals surface area contributed by atoms with Crippen molar-refractivity contribution >= 4 is 39.4 Å². The third kappa shape index (κ3) is 3.53. The van der Waals surface area contributed by atoms with E-state index in [-0.39, 0.29) is 11.1 Å². The lowest BCUT2D eigenvalue weighted by Crippen LogP contribution is -2.36. The van der Waals surface area contributed by atoms with E-state index in [1.165, 1.54) is 0 Å². The van der Waals surface area contributed by atoms with Crippen LogP contribution in [0.15, 0.2) is 27.5 Å². The van der Waals surface area contributed by atoms with Crippen LogP contribution in [0.5, 0.6) is 0 Å². The van der Waals surface area contributed by atoms with Gasteiger partial charge in [0.15, 0.2) is 0 Å². The number of aromatic nitrogens is 1. The topological polar surface area (TPSA) is 146 Å². The molecule has 1 aliphatic heterocycles. The van der Waals surface area contributed by atoms with Gasteiger partial charge in [0.25, 0.3) is 5.56 Å². The van der Waals surface area contributed by atoms with Gasteiger partial charge in [-0.2, -0.15) is 0 Å². The zero-order valence-electron chi connectivity index (χ0n) is 14.0. The summed E-state index contributed by atoms with van der Waals surface area (Å²) >= 11 is 3.37. The fraction of sp³-hybridized carbons (Fsp3) is 0.235. The number of carboxylic acids is 2. The molecule has 2 aromatic rings. The Morgan fingerprint density at radius 3 is 2.33 bits per heavy atom. The molecule has 1 aromatic heterocycles. The van der Waals surface area contributed by atoms with Crippen LogP contribution >= 0.6 is 15.9 Å². The summed E-state index contributed by atoms with van der Waals surface area (Å²) in [5.74, 6) is -3.39. The standard InChI is InChI=1S/C17H16BrN3O6/c18-10-7-8(21-3-5-27-6-4-21)1-2-9(10)11-12(16(23)24)14(19)20-15(22)13(11)17(25)26/h1-2,7H,3-6H2,(H,23,24)(H,25,26)(H3,19,20,22). The summed E-state index contributed by atoms with van der Waals surface area (Å²) in [6, 6.07) is 5.05. The van der Waals surface area contributed by atoms with Crippen molar-refractivity contribution in [2.45, 2.75) is 0 Å². The molecule has 1 saturated heterocycles. The number of nitrogens with zero attached hydrogens (tertiary/aromatic N) is 1. The van der Waals surface area contributed by atoms with Gasteiger partial charge in [-0.15, -0.1) is 0 Å². The first-order valence-corrected chi connectivity index (χ1v) is 8.75. The van der Waals surface area contributed by atoms with Crippen LogP contribution < -0.4 is 16.2 Å². The number of rotatable bonds is 4. The van der Waals surface area contributed by atoms with Crippen LogP contribution in [0.1, 0.15) is 20.7 Å². The van der Waals surface area contributed by atoms with E-state index in [9.17, 15) is 24.6 Å². The second kappa shape index (κ2) is 7.41. The van der Waals surface area contributed by atoms with Crippen molar-refractivity contribution in [1.29, 1.82) is 0 Å². The third-order valence-electron chi connectivity index (χ3n) is 4.27. The lowest BCUT2D eigenvalue weighted by atomic mass is 9.95. The molecule has 10 heteroatoms. The summed E-state index contributed by atoms with van der Waals surface area (Å²) < 4.78 is 5.76. The Morgan fingerprint density at radius 1 is 1.15 bits per heavy atom. The van der Waals surface area contributed by atoms with E-state index in [0.717, 1.165) is 5.69 Å². The second-order valence-corrected chi connectivity index (χ2v) is 6.72. The van der Waals surface area contributed by atoms with Crippen molar-refractivity contribution in [3.8, 4) is 11.1 Å². The molecule has 142 valence electrons. The molecule has 27 heavy (non-hydrogen) atoms. The largest absolute Gasteiger partial charge is 0.478 e. The van der Waals surface area contributed by atoms with E-state index in [2.05, 4.69) is 25.8 Å². The maximum Gasteiger partial charge on any atom is 0.342 e. The zero-order valence-corrected chi connectivity index (χ0v) is 15.6. The minimum absolute atomic E-state index is 0.239. The molecule has 0 bridgehead atoms. The van der Waals surface area contributed by atoms with Crippen molar-refractivity contribution in [2.75, 3.05) is 36.9 Å². The number of aromatic amines is 1. The Morgan fingerprint density at radius 2 is 1.78 bits per heavy atom. The first-order valence-electron chi connectivity index (χ1n) is 7.96. The van der Waals surface area contributed by atoms with Crippen molar-refractivity contribution in [1.82, 2.24) is 4.98 Å². The highest BCUT2D eigenvalue weighted by Gasteiger charge is 2.28.